The van der Waals surface area contributed by atoms with Gasteiger partial charge in [-0.3, -0.25) is 14.8 Å². The summed E-state index contributed by atoms with van der Waals surface area (Å²) < 4.78 is 10.9. The third-order valence-corrected chi connectivity index (χ3v) is 6.35. The first-order chi connectivity index (χ1) is 14.4. The highest BCUT2D eigenvalue weighted by atomic mass is 127. The number of nitrogens with one attached hydrogen (secondary N) is 1. The van der Waals surface area contributed by atoms with E-state index in [1.165, 1.54) is 32.4 Å². The van der Waals surface area contributed by atoms with Gasteiger partial charge in [0.05, 0.1) is 19.5 Å². The van der Waals surface area contributed by atoms with Crippen molar-refractivity contribution in [3.63, 3.8) is 0 Å². The summed E-state index contributed by atoms with van der Waals surface area (Å²) in [5.74, 6) is 2.11. The SMILES string of the molecule is I.c1coc(CCNC(=NCCCN2CCOCC2)N2CCC(N3CCCC3)C2)c1. The molecule has 0 aliphatic carbocycles. The van der Waals surface area contributed by atoms with Crippen LogP contribution in [-0.4, -0.2) is 98.8 Å². The summed E-state index contributed by atoms with van der Waals surface area (Å²) in [6.07, 6.45) is 7.72. The summed E-state index contributed by atoms with van der Waals surface area (Å²) in [6, 6.07) is 4.69. The van der Waals surface area contributed by atoms with Gasteiger partial charge >= 0.3 is 0 Å². The molecule has 1 N–H and O–H groups in total. The Hall–Kier alpha value is -0.840. The molecule has 1 aromatic rings. The van der Waals surface area contributed by atoms with Gasteiger partial charge in [0, 0.05) is 58.3 Å². The lowest BCUT2D eigenvalue weighted by atomic mass is 10.2. The van der Waals surface area contributed by atoms with Gasteiger partial charge in [-0.05, 0) is 50.9 Å². The molecule has 0 amide bonds. The van der Waals surface area contributed by atoms with E-state index in [1.807, 2.05) is 12.1 Å². The largest absolute Gasteiger partial charge is 0.469 e. The van der Waals surface area contributed by atoms with Crippen molar-refractivity contribution in [1.29, 1.82) is 0 Å². The van der Waals surface area contributed by atoms with Crippen LogP contribution < -0.4 is 5.32 Å². The quantitative estimate of drug-likeness (QED) is 0.241. The third kappa shape index (κ3) is 7.10. The maximum atomic E-state index is 5.48. The van der Waals surface area contributed by atoms with Crippen molar-refractivity contribution < 1.29 is 9.15 Å². The van der Waals surface area contributed by atoms with E-state index in [0.29, 0.717) is 6.04 Å². The molecule has 3 fully saturated rings. The third-order valence-electron chi connectivity index (χ3n) is 6.35. The second-order valence-electron chi connectivity index (χ2n) is 8.40. The number of furan rings is 1. The standard InChI is InChI=1S/C22H37N5O2.HI/c1-2-12-26(11-1)20-7-13-27(19-20)22(24-9-6-21-5-3-16-29-21)23-8-4-10-25-14-17-28-18-15-25;/h3,5,16,20H,1-2,4,6-15,17-19H2,(H,23,24);1H. The Kier molecular flexibility index (Phi) is 10.2. The molecular formula is C22H38IN5O2. The van der Waals surface area contributed by atoms with Gasteiger partial charge in [-0.2, -0.15) is 0 Å². The van der Waals surface area contributed by atoms with E-state index in [0.717, 1.165) is 83.6 Å². The summed E-state index contributed by atoms with van der Waals surface area (Å²) in [7, 11) is 0. The van der Waals surface area contributed by atoms with E-state index < -0.39 is 0 Å². The number of nitrogens with zero attached hydrogens (tertiary/aromatic N) is 4. The van der Waals surface area contributed by atoms with Crippen LogP contribution in [0.4, 0.5) is 0 Å². The van der Waals surface area contributed by atoms with Crippen molar-refractivity contribution >= 4 is 29.9 Å². The fourth-order valence-electron chi connectivity index (χ4n) is 4.66. The number of hydrogen-bond donors (Lipinski definition) is 1. The number of aliphatic imine (C=N–C) groups is 1. The second kappa shape index (κ2) is 12.9. The lowest BCUT2D eigenvalue weighted by molar-refractivity contribution is 0.0377. The fraction of sp³-hybridized carbons (Fsp3) is 0.773. The summed E-state index contributed by atoms with van der Waals surface area (Å²) >= 11 is 0. The molecule has 0 bridgehead atoms. The Balaban J connectivity index is 0.00000256. The van der Waals surface area contributed by atoms with Gasteiger partial charge in [-0.1, -0.05) is 0 Å². The van der Waals surface area contributed by atoms with Crippen molar-refractivity contribution in [3.05, 3.63) is 24.2 Å². The number of rotatable bonds is 8. The molecule has 3 aliphatic rings. The summed E-state index contributed by atoms with van der Waals surface area (Å²) in [5, 5.41) is 3.61. The molecule has 3 aliphatic heterocycles. The van der Waals surface area contributed by atoms with Gasteiger partial charge in [-0.15, -0.1) is 24.0 Å². The number of hydrogen-bond acceptors (Lipinski definition) is 5. The maximum absolute atomic E-state index is 5.48. The van der Waals surface area contributed by atoms with Gasteiger partial charge < -0.3 is 19.4 Å². The van der Waals surface area contributed by atoms with Crippen molar-refractivity contribution in [2.24, 2.45) is 4.99 Å². The number of morpholine rings is 1. The summed E-state index contributed by atoms with van der Waals surface area (Å²) in [6.45, 7) is 11.5. The number of likely N-dealkylation sites (tertiary alicyclic amines) is 2. The van der Waals surface area contributed by atoms with Crippen LogP contribution in [0.2, 0.25) is 0 Å². The molecule has 0 aromatic carbocycles. The maximum Gasteiger partial charge on any atom is 0.193 e. The highest BCUT2D eigenvalue weighted by molar-refractivity contribution is 14.0. The minimum atomic E-state index is 0. The molecule has 4 heterocycles. The first-order valence-corrected chi connectivity index (χ1v) is 11.5. The first kappa shape index (κ1) is 23.8. The molecule has 8 heteroatoms. The van der Waals surface area contributed by atoms with Crippen molar-refractivity contribution in [2.45, 2.75) is 38.1 Å². The molecule has 1 unspecified atom stereocenters. The molecule has 170 valence electrons. The van der Waals surface area contributed by atoms with Gasteiger partial charge in [0.2, 0.25) is 0 Å². The minimum absolute atomic E-state index is 0. The Morgan fingerprint density at radius 2 is 1.97 bits per heavy atom. The topological polar surface area (TPSA) is 56.5 Å². The average Bonchev–Trinajstić information content (AvgIpc) is 3.52. The first-order valence-electron chi connectivity index (χ1n) is 11.5. The van der Waals surface area contributed by atoms with E-state index in [4.69, 9.17) is 14.1 Å². The van der Waals surface area contributed by atoms with Gasteiger partial charge in [0.15, 0.2) is 5.96 Å². The van der Waals surface area contributed by atoms with E-state index >= 15 is 0 Å². The monoisotopic (exact) mass is 531 g/mol. The lowest BCUT2D eigenvalue weighted by Gasteiger charge is -2.27. The van der Waals surface area contributed by atoms with E-state index in [-0.39, 0.29) is 24.0 Å². The van der Waals surface area contributed by atoms with Crippen LogP contribution in [0, 0.1) is 0 Å². The number of guanidine groups is 1. The van der Waals surface area contributed by atoms with E-state index in [2.05, 4.69) is 20.0 Å². The molecule has 7 nitrogen and oxygen atoms in total. The van der Waals surface area contributed by atoms with Gasteiger partial charge in [-0.25, -0.2) is 0 Å². The van der Waals surface area contributed by atoms with E-state index in [9.17, 15) is 0 Å². The molecule has 1 aromatic heterocycles. The summed E-state index contributed by atoms with van der Waals surface area (Å²) in [4.78, 5) is 12.6. The van der Waals surface area contributed by atoms with Crippen LogP contribution in [0.5, 0.6) is 0 Å². The average molecular weight is 531 g/mol. The van der Waals surface area contributed by atoms with Crippen molar-refractivity contribution in [3.8, 4) is 0 Å². The molecular weight excluding hydrogens is 493 g/mol. The van der Waals surface area contributed by atoms with Gasteiger partial charge in [0.1, 0.15) is 5.76 Å². The molecule has 1 atom stereocenters. The normalized spacial score (nSPS) is 23.7. The molecule has 0 radical (unpaired) electrons. The van der Waals surface area contributed by atoms with Crippen LogP contribution in [0.3, 0.4) is 0 Å². The van der Waals surface area contributed by atoms with Crippen molar-refractivity contribution in [2.75, 3.05) is 72.1 Å². The highest BCUT2D eigenvalue weighted by Crippen LogP contribution is 2.20. The molecule has 0 saturated carbocycles. The molecule has 4 rings (SSSR count). The Morgan fingerprint density at radius 3 is 2.73 bits per heavy atom. The minimum Gasteiger partial charge on any atom is -0.469 e. The Bertz CT molecular complexity index is 615. The summed E-state index contributed by atoms with van der Waals surface area (Å²) in [5.41, 5.74) is 0. The zero-order valence-corrected chi connectivity index (χ0v) is 20.5. The zero-order valence-electron chi connectivity index (χ0n) is 18.1. The predicted molar refractivity (Wildman–Crippen MR) is 131 cm³/mol. The Morgan fingerprint density at radius 1 is 1.13 bits per heavy atom. The van der Waals surface area contributed by atoms with Gasteiger partial charge in [0.25, 0.3) is 0 Å². The highest BCUT2D eigenvalue weighted by Gasteiger charge is 2.30. The molecule has 30 heavy (non-hydrogen) atoms. The second-order valence-corrected chi connectivity index (χ2v) is 8.40. The van der Waals surface area contributed by atoms with Crippen LogP contribution in [-0.2, 0) is 11.2 Å². The number of halogens is 1. The lowest BCUT2D eigenvalue weighted by Crippen LogP contribution is -2.43. The van der Waals surface area contributed by atoms with Crippen LogP contribution >= 0.6 is 24.0 Å². The van der Waals surface area contributed by atoms with Crippen LogP contribution in [0.15, 0.2) is 27.8 Å². The van der Waals surface area contributed by atoms with Crippen LogP contribution in [0.1, 0.15) is 31.4 Å². The fourth-order valence-corrected chi connectivity index (χ4v) is 4.66. The predicted octanol–water partition coefficient (Wildman–Crippen LogP) is 2.28. The van der Waals surface area contributed by atoms with E-state index in [1.54, 1.807) is 6.26 Å². The van der Waals surface area contributed by atoms with Crippen LogP contribution in [0.25, 0.3) is 0 Å². The number of ether oxygens (including phenoxy) is 1. The molecule has 3 saturated heterocycles. The van der Waals surface area contributed by atoms with Crippen molar-refractivity contribution in [1.82, 2.24) is 20.0 Å². The molecule has 0 spiro atoms. The zero-order chi connectivity index (χ0) is 19.7. The Labute approximate surface area is 198 Å². The smallest absolute Gasteiger partial charge is 0.193 e.